The van der Waals surface area contributed by atoms with Gasteiger partial charge in [-0.15, -0.1) is 0 Å². The molecule has 1 fully saturated rings. The molecule has 1 aliphatic rings. The molecule has 2 nitrogen and oxygen atoms in total. The molecule has 0 radical (unpaired) electrons. The lowest BCUT2D eigenvalue weighted by Crippen LogP contribution is -2.43. The van der Waals surface area contributed by atoms with Gasteiger partial charge in [0.25, 0.3) is 0 Å². The standard InChI is InChI=1S/C14H22NO/c1-15(2,3)12-9-10-14(11-12)16-13-7-5-4-6-8-13/h4-8,12,14H,9-11H2,1-3H3/q+1. The molecule has 0 N–H and O–H groups in total. The van der Waals surface area contributed by atoms with E-state index in [-0.39, 0.29) is 0 Å². The lowest BCUT2D eigenvalue weighted by atomic mass is 10.2. The van der Waals surface area contributed by atoms with Crippen LogP contribution >= 0.6 is 0 Å². The molecule has 1 aromatic rings. The minimum absolute atomic E-state index is 0.407. The summed E-state index contributed by atoms with van der Waals surface area (Å²) >= 11 is 0. The lowest BCUT2D eigenvalue weighted by molar-refractivity contribution is -0.895. The van der Waals surface area contributed by atoms with Gasteiger partial charge >= 0.3 is 0 Å². The number of hydrogen-bond acceptors (Lipinski definition) is 1. The van der Waals surface area contributed by atoms with Gasteiger partial charge in [0.15, 0.2) is 0 Å². The molecule has 2 unspecified atom stereocenters. The van der Waals surface area contributed by atoms with Gasteiger partial charge in [0.05, 0.1) is 27.2 Å². The van der Waals surface area contributed by atoms with Crippen LogP contribution in [0.4, 0.5) is 0 Å². The van der Waals surface area contributed by atoms with Gasteiger partial charge in [0.1, 0.15) is 11.9 Å². The third kappa shape index (κ3) is 2.76. The van der Waals surface area contributed by atoms with Gasteiger partial charge in [-0.05, 0) is 18.6 Å². The molecule has 0 aromatic heterocycles. The Bertz CT molecular complexity index is 328. The molecule has 1 saturated carbocycles. The van der Waals surface area contributed by atoms with Gasteiger partial charge in [-0.25, -0.2) is 0 Å². The number of benzene rings is 1. The van der Waals surface area contributed by atoms with E-state index >= 15 is 0 Å². The lowest BCUT2D eigenvalue weighted by Gasteiger charge is -2.31. The molecule has 2 atom stereocenters. The fourth-order valence-electron chi connectivity index (χ4n) is 2.42. The summed E-state index contributed by atoms with van der Waals surface area (Å²) in [6.45, 7) is 0. The molecular formula is C14H22NO+. The van der Waals surface area contributed by atoms with E-state index in [1.165, 1.54) is 19.3 Å². The summed E-state index contributed by atoms with van der Waals surface area (Å²) in [6, 6.07) is 10.9. The maximum Gasteiger partial charge on any atom is 0.119 e. The van der Waals surface area contributed by atoms with Crippen LogP contribution < -0.4 is 4.74 Å². The molecule has 88 valence electrons. The van der Waals surface area contributed by atoms with Gasteiger partial charge in [0, 0.05) is 12.8 Å². The largest absolute Gasteiger partial charge is 0.490 e. The van der Waals surface area contributed by atoms with Crippen molar-refractivity contribution in [2.45, 2.75) is 31.4 Å². The summed E-state index contributed by atoms with van der Waals surface area (Å²) in [7, 11) is 6.82. The minimum atomic E-state index is 0.407. The van der Waals surface area contributed by atoms with Crippen molar-refractivity contribution in [1.29, 1.82) is 0 Å². The topological polar surface area (TPSA) is 9.23 Å². The molecule has 0 heterocycles. The number of quaternary nitrogens is 1. The van der Waals surface area contributed by atoms with Gasteiger partial charge in [-0.3, -0.25) is 0 Å². The average Bonchev–Trinajstić information content (AvgIpc) is 2.67. The Labute approximate surface area is 98.4 Å². The van der Waals surface area contributed by atoms with Crippen molar-refractivity contribution in [3.8, 4) is 5.75 Å². The summed E-state index contributed by atoms with van der Waals surface area (Å²) in [5.74, 6) is 1.01. The number of rotatable bonds is 3. The first kappa shape index (κ1) is 11.5. The SMILES string of the molecule is C[N+](C)(C)C1CCC(Oc2ccccc2)C1. The molecule has 2 heteroatoms. The van der Waals surface area contributed by atoms with Crippen LogP contribution in [0.5, 0.6) is 5.75 Å². The maximum atomic E-state index is 5.99. The smallest absolute Gasteiger partial charge is 0.119 e. The van der Waals surface area contributed by atoms with Crippen LogP contribution in [0.3, 0.4) is 0 Å². The van der Waals surface area contributed by atoms with Crippen LogP contribution in [-0.4, -0.2) is 37.8 Å². The van der Waals surface area contributed by atoms with Crippen molar-refractivity contribution in [2.75, 3.05) is 21.1 Å². The zero-order valence-corrected chi connectivity index (χ0v) is 10.5. The highest BCUT2D eigenvalue weighted by Crippen LogP contribution is 2.29. The third-order valence-corrected chi connectivity index (χ3v) is 3.50. The monoisotopic (exact) mass is 220 g/mol. The summed E-state index contributed by atoms with van der Waals surface area (Å²) in [5, 5.41) is 0. The van der Waals surface area contributed by atoms with Crippen molar-refractivity contribution in [3.63, 3.8) is 0 Å². The molecule has 1 aromatic carbocycles. The summed E-state index contributed by atoms with van der Waals surface area (Å²) in [6.07, 6.45) is 4.05. The van der Waals surface area contributed by atoms with Gasteiger partial charge in [-0.1, -0.05) is 18.2 Å². The zero-order valence-electron chi connectivity index (χ0n) is 10.5. The first-order chi connectivity index (χ1) is 7.55. The van der Waals surface area contributed by atoms with Gasteiger partial charge < -0.3 is 9.22 Å². The highest BCUT2D eigenvalue weighted by atomic mass is 16.5. The van der Waals surface area contributed by atoms with E-state index in [1.807, 2.05) is 30.3 Å². The van der Waals surface area contributed by atoms with Crippen molar-refractivity contribution in [2.24, 2.45) is 0 Å². The predicted octanol–water partition coefficient (Wildman–Crippen LogP) is 2.69. The first-order valence-electron chi connectivity index (χ1n) is 6.08. The van der Waals surface area contributed by atoms with E-state index in [2.05, 4.69) is 21.1 Å². The van der Waals surface area contributed by atoms with Crippen LogP contribution in [0, 0.1) is 0 Å². The minimum Gasteiger partial charge on any atom is -0.490 e. The summed E-state index contributed by atoms with van der Waals surface area (Å²) in [5.41, 5.74) is 0. The van der Waals surface area contributed by atoms with Crippen molar-refractivity contribution in [1.82, 2.24) is 0 Å². The number of para-hydroxylation sites is 1. The first-order valence-corrected chi connectivity index (χ1v) is 6.08. The van der Waals surface area contributed by atoms with E-state index in [1.54, 1.807) is 0 Å². The Hall–Kier alpha value is -1.02. The van der Waals surface area contributed by atoms with Crippen molar-refractivity contribution < 1.29 is 9.22 Å². The van der Waals surface area contributed by atoms with Crippen LogP contribution in [0.2, 0.25) is 0 Å². The van der Waals surface area contributed by atoms with Crippen LogP contribution in [0.1, 0.15) is 19.3 Å². The van der Waals surface area contributed by atoms with E-state index in [4.69, 9.17) is 4.74 Å². The Morgan fingerprint density at radius 2 is 1.75 bits per heavy atom. The highest BCUT2D eigenvalue weighted by molar-refractivity contribution is 5.21. The second kappa shape index (κ2) is 4.46. The Balaban J connectivity index is 1.91. The van der Waals surface area contributed by atoms with E-state index in [0.29, 0.717) is 6.10 Å². The Morgan fingerprint density at radius 1 is 1.06 bits per heavy atom. The zero-order chi connectivity index (χ0) is 11.6. The number of ether oxygens (including phenoxy) is 1. The molecule has 16 heavy (non-hydrogen) atoms. The number of hydrogen-bond donors (Lipinski definition) is 0. The molecule has 0 amide bonds. The molecule has 2 rings (SSSR count). The summed E-state index contributed by atoms with van der Waals surface area (Å²) in [4.78, 5) is 0. The van der Waals surface area contributed by atoms with Crippen molar-refractivity contribution in [3.05, 3.63) is 30.3 Å². The maximum absolute atomic E-state index is 5.99. The normalized spacial score (nSPS) is 25.7. The molecule has 0 saturated heterocycles. The van der Waals surface area contributed by atoms with E-state index in [0.717, 1.165) is 16.3 Å². The second-order valence-electron chi connectivity index (χ2n) is 5.64. The Morgan fingerprint density at radius 3 is 2.31 bits per heavy atom. The molecular weight excluding hydrogens is 198 g/mol. The van der Waals surface area contributed by atoms with Gasteiger partial charge in [-0.2, -0.15) is 0 Å². The fourth-order valence-corrected chi connectivity index (χ4v) is 2.42. The molecule has 1 aliphatic carbocycles. The Kier molecular flexibility index (Phi) is 3.20. The summed E-state index contributed by atoms with van der Waals surface area (Å²) < 4.78 is 7.04. The molecule has 0 spiro atoms. The van der Waals surface area contributed by atoms with Crippen LogP contribution in [0.15, 0.2) is 30.3 Å². The quantitative estimate of drug-likeness (QED) is 0.712. The highest BCUT2D eigenvalue weighted by Gasteiger charge is 2.34. The predicted molar refractivity (Wildman–Crippen MR) is 66.5 cm³/mol. The van der Waals surface area contributed by atoms with E-state index < -0.39 is 0 Å². The average molecular weight is 220 g/mol. The fraction of sp³-hybridized carbons (Fsp3) is 0.571. The van der Waals surface area contributed by atoms with Crippen molar-refractivity contribution >= 4 is 0 Å². The van der Waals surface area contributed by atoms with Gasteiger partial charge in [0.2, 0.25) is 0 Å². The van der Waals surface area contributed by atoms with E-state index in [9.17, 15) is 0 Å². The molecule has 0 bridgehead atoms. The second-order valence-corrected chi connectivity index (χ2v) is 5.64. The van der Waals surface area contributed by atoms with Crippen LogP contribution in [-0.2, 0) is 0 Å². The van der Waals surface area contributed by atoms with Crippen LogP contribution in [0.25, 0.3) is 0 Å². The number of nitrogens with zero attached hydrogens (tertiary/aromatic N) is 1. The molecule has 0 aliphatic heterocycles. The third-order valence-electron chi connectivity index (χ3n) is 3.50.